The first-order valence-corrected chi connectivity index (χ1v) is 10.1. The van der Waals surface area contributed by atoms with E-state index in [0.29, 0.717) is 6.54 Å². The Morgan fingerprint density at radius 1 is 1.27 bits per heavy atom. The number of carbonyl (C=O) groups is 2. The SMILES string of the molecule is Cc1cc(C2CCCN2C(=O)C2CCCN(C(=O)c3cccs3)C2)on1. The molecule has 2 aromatic heterocycles. The molecule has 0 N–H and O–H groups in total. The second-order valence-corrected chi connectivity index (χ2v) is 8.08. The van der Waals surface area contributed by atoms with E-state index in [1.54, 1.807) is 0 Å². The quantitative estimate of drug-likeness (QED) is 0.828. The van der Waals surface area contributed by atoms with Crippen LogP contribution in [0.5, 0.6) is 0 Å². The van der Waals surface area contributed by atoms with Crippen molar-refractivity contribution in [3.05, 3.63) is 39.9 Å². The molecular formula is C19H23N3O3S. The fourth-order valence-corrected chi connectivity index (χ4v) is 4.71. The molecule has 2 amide bonds. The zero-order valence-corrected chi connectivity index (χ0v) is 15.7. The first-order chi connectivity index (χ1) is 12.6. The van der Waals surface area contributed by atoms with Crippen molar-refractivity contribution in [2.24, 2.45) is 5.92 Å². The third-order valence-corrected chi connectivity index (χ3v) is 6.16. The number of amides is 2. The number of piperidine rings is 1. The van der Waals surface area contributed by atoms with E-state index in [1.807, 2.05) is 40.3 Å². The summed E-state index contributed by atoms with van der Waals surface area (Å²) in [5.41, 5.74) is 0.838. The van der Waals surface area contributed by atoms with Gasteiger partial charge in [0.1, 0.15) is 0 Å². The summed E-state index contributed by atoms with van der Waals surface area (Å²) in [5, 5.41) is 5.88. The van der Waals surface area contributed by atoms with E-state index in [9.17, 15) is 9.59 Å². The van der Waals surface area contributed by atoms with Crippen LogP contribution in [0.1, 0.15) is 52.9 Å². The molecule has 6 nitrogen and oxygen atoms in total. The van der Waals surface area contributed by atoms with E-state index in [2.05, 4.69) is 5.16 Å². The summed E-state index contributed by atoms with van der Waals surface area (Å²) < 4.78 is 5.42. The lowest BCUT2D eigenvalue weighted by Gasteiger charge is -2.35. The van der Waals surface area contributed by atoms with Gasteiger partial charge in [0.05, 0.1) is 22.5 Å². The first kappa shape index (κ1) is 17.3. The summed E-state index contributed by atoms with van der Waals surface area (Å²) in [7, 11) is 0. The predicted octanol–water partition coefficient (Wildman–Crippen LogP) is 3.26. The smallest absolute Gasteiger partial charge is 0.263 e. The molecule has 2 aliphatic rings. The molecule has 0 saturated carbocycles. The molecule has 2 fully saturated rings. The predicted molar refractivity (Wildman–Crippen MR) is 97.9 cm³/mol. The molecule has 2 aromatic rings. The molecule has 26 heavy (non-hydrogen) atoms. The highest BCUT2D eigenvalue weighted by Crippen LogP contribution is 2.34. The summed E-state index contributed by atoms with van der Waals surface area (Å²) in [6, 6.07) is 5.64. The van der Waals surface area contributed by atoms with Gasteiger partial charge in [-0.2, -0.15) is 0 Å². The van der Waals surface area contributed by atoms with Crippen LogP contribution in [0.15, 0.2) is 28.1 Å². The average Bonchev–Trinajstić information content (AvgIpc) is 3.41. The fraction of sp³-hybridized carbons (Fsp3) is 0.526. The third kappa shape index (κ3) is 3.28. The molecule has 4 heterocycles. The number of rotatable bonds is 3. The van der Waals surface area contributed by atoms with Crippen molar-refractivity contribution in [3.8, 4) is 0 Å². The summed E-state index contributed by atoms with van der Waals surface area (Å²) in [6.45, 7) is 3.88. The van der Waals surface area contributed by atoms with Crippen LogP contribution in [0.3, 0.4) is 0 Å². The van der Waals surface area contributed by atoms with Crippen LogP contribution < -0.4 is 0 Å². The molecule has 2 unspecified atom stereocenters. The van der Waals surface area contributed by atoms with Gasteiger partial charge in [0, 0.05) is 25.7 Å². The van der Waals surface area contributed by atoms with Gasteiger partial charge in [-0.25, -0.2) is 0 Å². The Labute approximate surface area is 156 Å². The topological polar surface area (TPSA) is 66.7 Å². The number of aromatic nitrogens is 1. The van der Waals surface area contributed by atoms with Crippen LogP contribution in [-0.2, 0) is 4.79 Å². The molecule has 0 radical (unpaired) electrons. The molecule has 2 atom stereocenters. The van der Waals surface area contributed by atoms with Crippen LogP contribution in [0.2, 0.25) is 0 Å². The highest BCUT2D eigenvalue weighted by molar-refractivity contribution is 7.12. The average molecular weight is 373 g/mol. The van der Waals surface area contributed by atoms with E-state index in [-0.39, 0.29) is 23.8 Å². The van der Waals surface area contributed by atoms with Crippen LogP contribution >= 0.6 is 11.3 Å². The Hall–Kier alpha value is -2.15. The minimum atomic E-state index is -0.128. The summed E-state index contributed by atoms with van der Waals surface area (Å²) in [4.78, 5) is 30.3. The zero-order chi connectivity index (χ0) is 18.1. The summed E-state index contributed by atoms with van der Waals surface area (Å²) >= 11 is 1.45. The number of thiophene rings is 1. The van der Waals surface area contributed by atoms with Crippen molar-refractivity contribution in [2.45, 2.75) is 38.6 Å². The van der Waals surface area contributed by atoms with Crippen LogP contribution in [-0.4, -0.2) is 46.4 Å². The van der Waals surface area contributed by atoms with E-state index in [1.165, 1.54) is 11.3 Å². The fourth-order valence-electron chi connectivity index (χ4n) is 4.02. The lowest BCUT2D eigenvalue weighted by molar-refractivity contribution is -0.138. The molecule has 138 valence electrons. The summed E-state index contributed by atoms with van der Waals surface area (Å²) in [5.74, 6) is 0.833. The molecule has 0 aromatic carbocycles. The monoisotopic (exact) mass is 373 g/mol. The number of aryl methyl sites for hydroxylation is 1. The third-order valence-electron chi connectivity index (χ3n) is 5.30. The maximum Gasteiger partial charge on any atom is 0.263 e. The molecule has 7 heteroatoms. The van der Waals surface area contributed by atoms with Crippen LogP contribution in [0, 0.1) is 12.8 Å². The molecule has 0 bridgehead atoms. The Morgan fingerprint density at radius 2 is 2.12 bits per heavy atom. The maximum absolute atomic E-state index is 13.2. The van der Waals surface area contributed by atoms with Gasteiger partial charge in [-0.05, 0) is 44.1 Å². The Kier molecular flexibility index (Phi) is 4.80. The second-order valence-electron chi connectivity index (χ2n) is 7.13. The molecule has 0 aliphatic carbocycles. The van der Waals surface area contributed by atoms with Crippen molar-refractivity contribution in [1.82, 2.24) is 15.0 Å². The number of hydrogen-bond donors (Lipinski definition) is 0. The number of likely N-dealkylation sites (tertiary alicyclic amines) is 2. The van der Waals surface area contributed by atoms with E-state index in [4.69, 9.17) is 4.52 Å². The zero-order valence-electron chi connectivity index (χ0n) is 14.9. The van der Waals surface area contributed by atoms with Gasteiger partial charge in [0.2, 0.25) is 5.91 Å². The normalized spacial score (nSPS) is 23.4. The maximum atomic E-state index is 13.2. The van der Waals surface area contributed by atoms with Gasteiger partial charge >= 0.3 is 0 Å². The van der Waals surface area contributed by atoms with E-state index >= 15 is 0 Å². The Bertz CT molecular complexity index is 786. The summed E-state index contributed by atoms with van der Waals surface area (Å²) in [6.07, 6.45) is 3.59. The van der Waals surface area contributed by atoms with Gasteiger partial charge < -0.3 is 14.3 Å². The van der Waals surface area contributed by atoms with E-state index in [0.717, 1.165) is 55.1 Å². The number of hydrogen-bond acceptors (Lipinski definition) is 5. The lowest BCUT2D eigenvalue weighted by Crippen LogP contribution is -2.46. The van der Waals surface area contributed by atoms with Gasteiger partial charge in [0.25, 0.3) is 5.91 Å². The Balaban J connectivity index is 1.46. The van der Waals surface area contributed by atoms with Gasteiger partial charge in [-0.1, -0.05) is 11.2 Å². The van der Waals surface area contributed by atoms with Crippen molar-refractivity contribution in [1.29, 1.82) is 0 Å². The minimum Gasteiger partial charge on any atom is -0.359 e. The van der Waals surface area contributed by atoms with Crippen molar-refractivity contribution in [3.63, 3.8) is 0 Å². The first-order valence-electron chi connectivity index (χ1n) is 9.20. The number of nitrogens with zero attached hydrogens (tertiary/aromatic N) is 3. The lowest BCUT2D eigenvalue weighted by atomic mass is 9.95. The van der Waals surface area contributed by atoms with Crippen molar-refractivity contribution < 1.29 is 14.1 Å². The van der Waals surface area contributed by atoms with Crippen LogP contribution in [0.25, 0.3) is 0 Å². The van der Waals surface area contributed by atoms with E-state index < -0.39 is 0 Å². The minimum absolute atomic E-state index is 0.0212. The highest BCUT2D eigenvalue weighted by Gasteiger charge is 2.38. The van der Waals surface area contributed by atoms with Gasteiger partial charge in [-0.15, -0.1) is 11.3 Å². The highest BCUT2D eigenvalue weighted by atomic mass is 32.1. The second kappa shape index (κ2) is 7.23. The van der Waals surface area contributed by atoms with Crippen molar-refractivity contribution in [2.75, 3.05) is 19.6 Å². The molecule has 0 spiro atoms. The standard InChI is InChI=1S/C19H23N3O3S/c1-13-11-16(25-20-13)15-6-3-9-22(15)18(23)14-5-2-8-21(12-14)19(24)17-7-4-10-26-17/h4,7,10-11,14-15H,2-3,5-6,8-9,12H2,1H3. The Morgan fingerprint density at radius 3 is 2.85 bits per heavy atom. The van der Waals surface area contributed by atoms with Crippen LogP contribution in [0.4, 0.5) is 0 Å². The molecule has 2 saturated heterocycles. The molecular weight excluding hydrogens is 350 g/mol. The number of carbonyl (C=O) groups excluding carboxylic acids is 2. The largest absolute Gasteiger partial charge is 0.359 e. The van der Waals surface area contributed by atoms with Gasteiger partial charge in [0.15, 0.2) is 5.76 Å². The van der Waals surface area contributed by atoms with Gasteiger partial charge in [-0.3, -0.25) is 9.59 Å². The molecule has 4 rings (SSSR count). The molecule has 2 aliphatic heterocycles. The van der Waals surface area contributed by atoms with Crippen molar-refractivity contribution >= 4 is 23.2 Å².